The van der Waals surface area contributed by atoms with Gasteiger partial charge < -0.3 is 0 Å². The Hall–Kier alpha value is -0.780. The summed E-state index contributed by atoms with van der Waals surface area (Å²) in [5.74, 6) is 2.35. The van der Waals surface area contributed by atoms with E-state index in [1.807, 2.05) is 0 Å². The maximum Gasteiger partial charge on any atom is -0.0222 e. The second kappa shape index (κ2) is 6.66. The molecule has 1 aliphatic rings. The van der Waals surface area contributed by atoms with Gasteiger partial charge in [0.2, 0.25) is 0 Å². The van der Waals surface area contributed by atoms with Crippen LogP contribution in [0.25, 0.3) is 0 Å². The minimum absolute atomic E-state index is 0.783. The fraction of sp³-hybridized carbons (Fsp3) is 0.600. The van der Waals surface area contributed by atoms with Crippen LogP contribution in [-0.2, 0) is 0 Å². The van der Waals surface area contributed by atoms with Crippen LogP contribution in [0.5, 0.6) is 0 Å². The molecule has 0 unspecified atom stereocenters. The molecule has 0 radical (unpaired) electrons. The maximum absolute atomic E-state index is 2.38. The highest BCUT2D eigenvalue weighted by Gasteiger charge is 2.24. The fourth-order valence-corrected chi connectivity index (χ4v) is 2.74. The zero-order chi connectivity index (χ0) is 11.1. The smallest absolute Gasteiger partial charge is 0.0222 e. The van der Waals surface area contributed by atoms with Crippen molar-refractivity contribution in [3.63, 3.8) is 0 Å². The van der Waals surface area contributed by atoms with Gasteiger partial charge in [-0.15, -0.1) is 0 Å². The van der Waals surface area contributed by atoms with Gasteiger partial charge in [-0.2, -0.15) is 0 Å². The Morgan fingerprint density at radius 1 is 0.600 bits per heavy atom. The molecule has 0 bridgehead atoms. The van der Waals surface area contributed by atoms with E-state index < -0.39 is 0 Å². The summed E-state index contributed by atoms with van der Waals surface area (Å²) < 4.78 is 0. The lowest BCUT2D eigenvalue weighted by atomic mass is 9.75. The SMILES string of the molecule is C/C=C\C1CC(/C=C\C)CC(/C=C\C)C1. The van der Waals surface area contributed by atoms with Crippen molar-refractivity contribution >= 4 is 0 Å². The van der Waals surface area contributed by atoms with Crippen molar-refractivity contribution < 1.29 is 0 Å². The topological polar surface area (TPSA) is 0 Å². The molecular formula is C15H24. The van der Waals surface area contributed by atoms with E-state index in [9.17, 15) is 0 Å². The van der Waals surface area contributed by atoms with Crippen molar-refractivity contribution in [2.75, 3.05) is 0 Å². The lowest BCUT2D eigenvalue weighted by Crippen LogP contribution is -2.19. The van der Waals surface area contributed by atoms with Crippen LogP contribution in [0.3, 0.4) is 0 Å². The molecular weight excluding hydrogens is 180 g/mol. The van der Waals surface area contributed by atoms with Gasteiger partial charge in [0.15, 0.2) is 0 Å². The summed E-state index contributed by atoms with van der Waals surface area (Å²) in [7, 11) is 0. The average Bonchev–Trinajstić information content (AvgIpc) is 2.19. The molecule has 0 amide bonds. The van der Waals surface area contributed by atoms with Crippen molar-refractivity contribution in [1.29, 1.82) is 0 Å². The first-order valence-corrected chi connectivity index (χ1v) is 6.18. The van der Waals surface area contributed by atoms with Gasteiger partial charge in [-0.05, 0) is 57.8 Å². The summed E-state index contributed by atoms with van der Waals surface area (Å²) in [6.45, 7) is 6.39. The highest BCUT2D eigenvalue weighted by atomic mass is 14.3. The second-order valence-electron chi connectivity index (χ2n) is 4.56. The lowest BCUT2D eigenvalue weighted by molar-refractivity contribution is 0.295. The van der Waals surface area contributed by atoms with Crippen LogP contribution in [-0.4, -0.2) is 0 Å². The molecule has 0 spiro atoms. The Morgan fingerprint density at radius 2 is 0.867 bits per heavy atom. The van der Waals surface area contributed by atoms with Crippen molar-refractivity contribution in [2.24, 2.45) is 17.8 Å². The van der Waals surface area contributed by atoms with Crippen molar-refractivity contribution in [1.82, 2.24) is 0 Å². The van der Waals surface area contributed by atoms with Gasteiger partial charge in [0.05, 0.1) is 0 Å². The highest BCUT2D eigenvalue weighted by molar-refractivity contribution is 5.01. The largest absolute Gasteiger partial charge is 0.0914 e. The first kappa shape index (κ1) is 12.3. The van der Waals surface area contributed by atoms with Gasteiger partial charge in [0, 0.05) is 0 Å². The van der Waals surface area contributed by atoms with Gasteiger partial charge >= 0.3 is 0 Å². The molecule has 0 aromatic heterocycles. The molecule has 15 heavy (non-hydrogen) atoms. The molecule has 0 N–H and O–H groups in total. The van der Waals surface area contributed by atoms with E-state index in [-0.39, 0.29) is 0 Å². The maximum atomic E-state index is 2.38. The quantitative estimate of drug-likeness (QED) is 0.582. The van der Waals surface area contributed by atoms with Gasteiger partial charge in [-0.1, -0.05) is 36.5 Å². The summed E-state index contributed by atoms with van der Waals surface area (Å²) in [6.07, 6.45) is 17.8. The summed E-state index contributed by atoms with van der Waals surface area (Å²) in [6, 6.07) is 0. The van der Waals surface area contributed by atoms with Gasteiger partial charge in [0.25, 0.3) is 0 Å². The zero-order valence-electron chi connectivity index (χ0n) is 10.3. The lowest BCUT2D eigenvalue weighted by Gasteiger charge is -2.30. The normalized spacial score (nSPS) is 33.4. The molecule has 0 nitrogen and oxygen atoms in total. The Labute approximate surface area is 94.8 Å². The summed E-state index contributed by atoms with van der Waals surface area (Å²) >= 11 is 0. The minimum Gasteiger partial charge on any atom is -0.0914 e. The summed E-state index contributed by atoms with van der Waals surface area (Å²) in [4.78, 5) is 0. The highest BCUT2D eigenvalue weighted by Crippen LogP contribution is 2.35. The predicted molar refractivity (Wildman–Crippen MR) is 68.8 cm³/mol. The van der Waals surface area contributed by atoms with Crippen LogP contribution in [0, 0.1) is 17.8 Å². The van der Waals surface area contributed by atoms with E-state index in [1.165, 1.54) is 19.3 Å². The summed E-state index contributed by atoms with van der Waals surface area (Å²) in [5.41, 5.74) is 0. The van der Waals surface area contributed by atoms with E-state index >= 15 is 0 Å². The third-order valence-corrected chi connectivity index (χ3v) is 3.21. The standard InChI is InChI=1S/C15H24/c1-4-7-13-10-14(8-5-2)12-15(11-13)9-6-3/h4-9,13-15H,10-12H2,1-3H3/b7-4-,8-5-,9-6-. The molecule has 1 saturated carbocycles. The summed E-state index contributed by atoms with van der Waals surface area (Å²) in [5, 5.41) is 0. The van der Waals surface area contributed by atoms with Crippen LogP contribution in [0.4, 0.5) is 0 Å². The van der Waals surface area contributed by atoms with Crippen molar-refractivity contribution in [3.05, 3.63) is 36.5 Å². The number of hydrogen-bond acceptors (Lipinski definition) is 0. The molecule has 0 heteroatoms. The first-order valence-electron chi connectivity index (χ1n) is 6.18. The minimum atomic E-state index is 0.783. The fourth-order valence-electron chi connectivity index (χ4n) is 2.74. The Bertz CT molecular complexity index is 196. The van der Waals surface area contributed by atoms with Gasteiger partial charge in [-0.3, -0.25) is 0 Å². The molecule has 0 saturated heterocycles. The van der Waals surface area contributed by atoms with Crippen LogP contribution in [0.1, 0.15) is 40.0 Å². The molecule has 0 heterocycles. The predicted octanol–water partition coefficient (Wildman–Crippen LogP) is 4.75. The van der Waals surface area contributed by atoms with Gasteiger partial charge in [-0.25, -0.2) is 0 Å². The van der Waals surface area contributed by atoms with Crippen LogP contribution in [0.2, 0.25) is 0 Å². The first-order chi connectivity index (χ1) is 7.30. The molecule has 1 fully saturated rings. The van der Waals surface area contributed by atoms with Crippen LogP contribution >= 0.6 is 0 Å². The van der Waals surface area contributed by atoms with E-state index in [2.05, 4.69) is 57.2 Å². The molecule has 0 aliphatic heterocycles. The zero-order valence-corrected chi connectivity index (χ0v) is 10.3. The molecule has 0 atom stereocenters. The van der Waals surface area contributed by atoms with Crippen LogP contribution in [0.15, 0.2) is 36.5 Å². The molecule has 1 aliphatic carbocycles. The number of allylic oxidation sites excluding steroid dienone is 6. The van der Waals surface area contributed by atoms with Crippen molar-refractivity contribution in [3.8, 4) is 0 Å². The van der Waals surface area contributed by atoms with E-state index in [1.54, 1.807) is 0 Å². The second-order valence-corrected chi connectivity index (χ2v) is 4.56. The average molecular weight is 204 g/mol. The van der Waals surface area contributed by atoms with Gasteiger partial charge in [0.1, 0.15) is 0 Å². The molecule has 0 aromatic rings. The molecule has 84 valence electrons. The third-order valence-electron chi connectivity index (χ3n) is 3.21. The number of rotatable bonds is 3. The number of hydrogen-bond donors (Lipinski definition) is 0. The van der Waals surface area contributed by atoms with Crippen molar-refractivity contribution in [2.45, 2.75) is 40.0 Å². The monoisotopic (exact) mass is 204 g/mol. The Morgan fingerprint density at radius 3 is 1.07 bits per heavy atom. The molecule has 0 aromatic carbocycles. The van der Waals surface area contributed by atoms with Crippen LogP contribution < -0.4 is 0 Å². The molecule has 1 rings (SSSR count). The Balaban J connectivity index is 2.63. The van der Waals surface area contributed by atoms with E-state index in [0.29, 0.717) is 0 Å². The van der Waals surface area contributed by atoms with E-state index in [4.69, 9.17) is 0 Å². The Kier molecular flexibility index (Phi) is 5.45. The third kappa shape index (κ3) is 4.07. The van der Waals surface area contributed by atoms with E-state index in [0.717, 1.165) is 17.8 Å².